The highest BCUT2D eigenvalue weighted by Crippen LogP contribution is 2.27. The summed E-state index contributed by atoms with van der Waals surface area (Å²) in [7, 11) is 0. The van der Waals surface area contributed by atoms with E-state index in [0.29, 0.717) is 17.7 Å². The Kier molecular flexibility index (Phi) is 6.34. The molecule has 0 aliphatic heterocycles. The molecule has 0 saturated carbocycles. The number of benzene rings is 2. The molecule has 0 aliphatic rings. The van der Waals surface area contributed by atoms with Crippen molar-refractivity contribution in [3.8, 4) is 17.6 Å². The maximum absolute atomic E-state index is 12.1. The van der Waals surface area contributed by atoms with Crippen molar-refractivity contribution in [2.45, 2.75) is 6.92 Å². The molecule has 0 aliphatic carbocycles. The predicted molar refractivity (Wildman–Crippen MR) is 94.9 cm³/mol. The number of rotatable bonds is 5. The number of nitrogens with one attached hydrogen (secondary N) is 2. The number of phenolic OH excluding ortho intramolecular Hbond substituents is 1. The Hall–Kier alpha value is -3.79. The molecule has 0 saturated heterocycles. The topological polar surface area (TPSA) is 111 Å². The van der Waals surface area contributed by atoms with Crippen LogP contribution in [0.4, 0.5) is 0 Å². The molecule has 132 valence electrons. The van der Waals surface area contributed by atoms with Gasteiger partial charge < -0.3 is 9.84 Å². The highest BCUT2D eigenvalue weighted by atomic mass is 16.5. The average molecular weight is 351 g/mol. The van der Waals surface area contributed by atoms with E-state index in [1.165, 1.54) is 24.3 Å². The summed E-state index contributed by atoms with van der Waals surface area (Å²) in [6, 6.07) is 14.5. The monoisotopic (exact) mass is 351 g/mol. The van der Waals surface area contributed by atoms with Crippen molar-refractivity contribution in [1.82, 2.24) is 10.9 Å². The first kappa shape index (κ1) is 18.5. The van der Waals surface area contributed by atoms with Crippen LogP contribution in [0.3, 0.4) is 0 Å². The number of carbonyl (C=O) groups excluding carboxylic acids is 2. The maximum Gasteiger partial charge on any atom is 0.280 e. The van der Waals surface area contributed by atoms with Crippen LogP contribution in [0.25, 0.3) is 6.08 Å². The molecular weight excluding hydrogens is 334 g/mol. The number of nitriles is 1. The minimum absolute atomic E-state index is 0.0397. The molecule has 2 aromatic rings. The van der Waals surface area contributed by atoms with Crippen molar-refractivity contribution in [3.63, 3.8) is 0 Å². The van der Waals surface area contributed by atoms with Crippen molar-refractivity contribution in [2.75, 3.05) is 6.61 Å². The van der Waals surface area contributed by atoms with Gasteiger partial charge in [0, 0.05) is 5.56 Å². The minimum Gasteiger partial charge on any atom is -0.504 e. The van der Waals surface area contributed by atoms with E-state index in [-0.39, 0.29) is 17.1 Å². The van der Waals surface area contributed by atoms with Crippen molar-refractivity contribution in [3.05, 3.63) is 65.2 Å². The summed E-state index contributed by atoms with van der Waals surface area (Å²) in [6.07, 6.45) is 1.33. The zero-order valence-electron chi connectivity index (χ0n) is 14.0. The van der Waals surface area contributed by atoms with E-state index in [0.717, 1.165) is 0 Å². The van der Waals surface area contributed by atoms with E-state index in [1.54, 1.807) is 43.3 Å². The van der Waals surface area contributed by atoms with Gasteiger partial charge in [0.15, 0.2) is 11.5 Å². The summed E-state index contributed by atoms with van der Waals surface area (Å²) >= 11 is 0. The van der Waals surface area contributed by atoms with Crippen LogP contribution in [0.5, 0.6) is 11.5 Å². The molecule has 3 N–H and O–H groups in total. The molecule has 2 aromatic carbocycles. The summed E-state index contributed by atoms with van der Waals surface area (Å²) in [6.45, 7) is 2.13. The molecule has 0 bridgehead atoms. The fourth-order valence-corrected chi connectivity index (χ4v) is 2.05. The molecule has 2 amide bonds. The highest BCUT2D eigenvalue weighted by Gasteiger charge is 2.12. The van der Waals surface area contributed by atoms with E-state index >= 15 is 0 Å². The summed E-state index contributed by atoms with van der Waals surface area (Å²) in [5.41, 5.74) is 5.09. The smallest absolute Gasteiger partial charge is 0.280 e. The number of hydrazine groups is 1. The second-order valence-electron chi connectivity index (χ2n) is 5.10. The van der Waals surface area contributed by atoms with Crippen LogP contribution < -0.4 is 15.6 Å². The van der Waals surface area contributed by atoms with Gasteiger partial charge >= 0.3 is 0 Å². The molecule has 0 spiro atoms. The molecule has 2 rings (SSSR count). The molecule has 26 heavy (non-hydrogen) atoms. The Labute approximate surface area is 150 Å². The molecule has 0 aromatic heterocycles. The fourth-order valence-electron chi connectivity index (χ4n) is 2.05. The van der Waals surface area contributed by atoms with Gasteiger partial charge in [0.25, 0.3) is 11.8 Å². The van der Waals surface area contributed by atoms with Gasteiger partial charge in [0.1, 0.15) is 11.6 Å². The van der Waals surface area contributed by atoms with Gasteiger partial charge in [-0.05, 0) is 42.8 Å². The van der Waals surface area contributed by atoms with E-state index in [4.69, 9.17) is 4.74 Å². The average Bonchev–Trinajstić information content (AvgIpc) is 2.67. The van der Waals surface area contributed by atoms with E-state index in [9.17, 15) is 20.0 Å². The zero-order chi connectivity index (χ0) is 18.9. The van der Waals surface area contributed by atoms with Gasteiger partial charge in [-0.15, -0.1) is 0 Å². The minimum atomic E-state index is -0.761. The van der Waals surface area contributed by atoms with Gasteiger partial charge in [-0.25, -0.2) is 0 Å². The third-order valence-electron chi connectivity index (χ3n) is 3.29. The van der Waals surface area contributed by atoms with Gasteiger partial charge in [-0.3, -0.25) is 20.4 Å². The first-order chi connectivity index (χ1) is 12.5. The number of hydrogen-bond acceptors (Lipinski definition) is 5. The molecule has 7 nitrogen and oxygen atoms in total. The third kappa shape index (κ3) is 4.85. The van der Waals surface area contributed by atoms with Gasteiger partial charge in [0.05, 0.1) is 6.61 Å². The summed E-state index contributed by atoms with van der Waals surface area (Å²) < 4.78 is 5.26. The quantitative estimate of drug-likeness (QED) is 0.434. The number of hydrogen-bond donors (Lipinski definition) is 3. The lowest BCUT2D eigenvalue weighted by molar-refractivity contribution is -0.117. The normalized spacial score (nSPS) is 10.5. The fraction of sp³-hybridized carbons (Fsp3) is 0.105. The summed E-state index contributed by atoms with van der Waals surface area (Å²) in [5, 5.41) is 18.9. The molecule has 0 atom stereocenters. The lowest BCUT2D eigenvalue weighted by Crippen LogP contribution is -2.42. The summed E-state index contributed by atoms with van der Waals surface area (Å²) in [4.78, 5) is 24.0. The number of nitrogens with zero attached hydrogens (tertiary/aromatic N) is 1. The number of aromatic hydroxyl groups is 1. The van der Waals surface area contributed by atoms with Crippen LogP contribution in [-0.2, 0) is 4.79 Å². The van der Waals surface area contributed by atoms with Crippen LogP contribution in [0.2, 0.25) is 0 Å². The van der Waals surface area contributed by atoms with E-state index in [2.05, 4.69) is 10.9 Å². The number of ether oxygens (including phenoxy) is 1. The third-order valence-corrected chi connectivity index (χ3v) is 3.29. The van der Waals surface area contributed by atoms with Crippen molar-refractivity contribution in [2.24, 2.45) is 0 Å². The van der Waals surface area contributed by atoms with Crippen LogP contribution >= 0.6 is 0 Å². The molecule has 0 fully saturated rings. The number of phenols is 1. The van der Waals surface area contributed by atoms with Crippen molar-refractivity contribution in [1.29, 1.82) is 5.26 Å². The Morgan fingerprint density at radius 2 is 1.92 bits per heavy atom. The van der Waals surface area contributed by atoms with E-state index in [1.807, 2.05) is 0 Å². The second-order valence-corrected chi connectivity index (χ2v) is 5.10. The molecular formula is C19H17N3O4. The molecule has 0 radical (unpaired) electrons. The Balaban J connectivity index is 2.09. The SMILES string of the molecule is CCOc1cc(/C=C(\C#N)C(=O)NNC(=O)c2ccccc2)ccc1O. The van der Waals surface area contributed by atoms with Crippen LogP contribution in [0, 0.1) is 11.3 Å². The maximum atomic E-state index is 12.1. The Morgan fingerprint density at radius 3 is 2.58 bits per heavy atom. The Morgan fingerprint density at radius 1 is 1.19 bits per heavy atom. The van der Waals surface area contributed by atoms with Crippen molar-refractivity contribution >= 4 is 17.9 Å². The first-order valence-corrected chi connectivity index (χ1v) is 7.78. The molecule has 7 heteroatoms. The first-order valence-electron chi connectivity index (χ1n) is 7.78. The van der Waals surface area contributed by atoms with Crippen LogP contribution in [0.15, 0.2) is 54.1 Å². The number of carbonyl (C=O) groups is 2. The Bertz CT molecular complexity index is 870. The standard InChI is InChI=1S/C19H17N3O4/c1-2-26-17-11-13(8-9-16(17)23)10-15(12-20)19(25)22-21-18(24)14-6-4-3-5-7-14/h3-11,23H,2H2,1H3,(H,21,24)(H,22,25)/b15-10+. The highest BCUT2D eigenvalue weighted by molar-refractivity contribution is 6.03. The summed E-state index contributed by atoms with van der Waals surface area (Å²) in [5.74, 6) is -1.05. The van der Waals surface area contributed by atoms with Crippen LogP contribution in [-0.4, -0.2) is 23.5 Å². The van der Waals surface area contributed by atoms with E-state index < -0.39 is 11.8 Å². The lowest BCUT2D eigenvalue weighted by atomic mass is 10.1. The predicted octanol–water partition coefficient (Wildman–Crippen LogP) is 2.16. The van der Waals surface area contributed by atoms with Gasteiger partial charge in [0.2, 0.25) is 0 Å². The van der Waals surface area contributed by atoms with Gasteiger partial charge in [-0.1, -0.05) is 24.3 Å². The lowest BCUT2D eigenvalue weighted by Gasteiger charge is -2.08. The largest absolute Gasteiger partial charge is 0.504 e. The van der Waals surface area contributed by atoms with Crippen molar-refractivity contribution < 1.29 is 19.4 Å². The van der Waals surface area contributed by atoms with Gasteiger partial charge in [-0.2, -0.15) is 5.26 Å². The van der Waals surface area contributed by atoms with Crippen LogP contribution in [0.1, 0.15) is 22.8 Å². The zero-order valence-corrected chi connectivity index (χ0v) is 14.0. The number of amides is 2. The molecule has 0 unspecified atom stereocenters. The second kappa shape index (κ2) is 8.89. The molecule has 0 heterocycles.